The predicted octanol–water partition coefficient (Wildman–Crippen LogP) is 3.91. The molecule has 0 saturated carbocycles. The minimum absolute atomic E-state index is 0.0708. The Bertz CT molecular complexity index is 1660. The normalized spacial score (nSPS) is 10.9. The molecule has 0 unspecified atom stereocenters. The number of nitrogens with zero attached hydrogens (tertiary/aromatic N) is 2. The zero-order valence-electron chi connectivity index (χ0n) is 30.0. The van der Waals surface area contributed by atoms with Crippen LogP contribution in [0.2, 0.25) is 0 Å². The maximum atomic E-state index is 12.5. The molecule has 0 fully saturated rings. The first-order valence-electron chi connectivity index (χ1n) is 17.8. The van der Waals surface area contributed by atoms with Gasteiger partial charge in [0.25, 0.3) is 0 Å². The molecule has 14 nitrogen and oxygen atoms in total. The van der Waals surface area contributed by atoms with Gasteiger partial charge >= 0.3 is 0 Å². The Kier molecular flexibility index (Phi) is 16.5. The van der Waals surface area contributed by atoms with Crippen LogP contribution in [-0.4, -0.2) is 87.1 Å². The first kappa shape index (κ1) is 39.4. The number of hydrogen-bond acceptors (Lipinski definition) is 10. The van der Waals surface area contributed by atoms with Crippen molar-refractivity contribution in [2.24, 2.45) is 0 Å². The van der Waals surface area contributed by atoms with Gasteiger partial charge in [0.05, 0.1) is 36.6 Å². The summed E-state index contributed by atoms with van der Waals surface area (Å²) in [5, 5.41) is 19.9. The number of hydrogen-bond donors (Lipinski definition) is 6. The van der Waals surface area contributed by atoms with E-state index < -0.39 is 0 Å². The molecule has 0 bridgehead atoms. The lowest BCUT2D eigenvalue weighted by Gasteiger charge is -2.11. The summed E-state index contributed by atoms with van der Waals surface area (Å²) in [6, 6.07) is 14.6. The molecule has 0 saturated heterocycles. The molecule has 2 heterocycles. The van der Waals surface area contributed by atoms with Crippen LogP contribution in [0.1, 0.15) is 51.4 Å². The Balaban J connectivity index is 0.932. The highest BCUT2D eigenvalue weighted by Gasteiger charge is 2.13. The number of unbranched alkanes of at least 4 members (excludes halogenated alkanes) is 1. The van der Waals surface area contributed by atoms with E-state index in [0.29, 0.717) is 47.0 Å². The first-order chi connectivity index (χ1) is 25.4. The van der Waals surface area contributed by atoms with Gasteiger partial charge in [0, 0.05) is 74.1 Å². The van der Waals surface area contributed by atoms with E-state index >= 15 is 0 Å². The average molecular weight is 715 g/mol. The monoisotopic (exact) mass is 714 g/mol. The molecule has 0 aliphatic carbocycles. The fraction of sp³-hybridized carbons (Fsp3) is 0.421. The zero-order chi connectivity index (χ0) is 37.0. The second-order valence-corrected chi connectivity index (χ2v) is 12.2. The van der Waals surface area contributed by atoms with Crippen LogP contribution in [-0.2, 0) is 19.2 Å². The quantitative estimate of drug-likeness (QED) is 0.0616. The van der Waals surface area contributed by atoms with E-state index in [1.807, 2.05) is 36.4 Å². The largest absolute Gasteiger partial charge is 0.497 e. The highest BCUT2D eigenvalue weighted by atomic mass is 16.5. The lowest BCUT2D eigenvalue weighted by atomic mass is 10.1. The van der Waals surface area contributed by atoms with Gasteiger partial charge in [0.2, 0.25) is 23.6 Å². The number of nitrogens with one attached hydrogen (secondary N) is 6. The summed E-state index contributed by atoms with van der Waals surface area (Å²) in [4.78, 5) is 58.1. The van der Waals surface area contributed by atoms with Crippen molar-refractivity contribution in [3.05, 3.63) is 60.9 Å². The fourth-order valence-corrected chi connectivity index (χ4v) is 5.44. The third kappa shape index (κ3) is 13.4. The lowest BCUT2D eigenvalue weighted by Crippen LogP contribution is -2.29. The number of pyridine rings is 2. The second-order valence-electron chi connectivity index (χ2n) is 12.2. The van der Waals surface area contributed by atoms with Gasteiger partial charge in [-0.25, -0.2) is 0 Å². The number of fused-ring (bicyclic) bond motifs is 2. The van der Waals surface area contributed by atoms with Crippen LogP contribution in [0.4, 0.5) is 11.4 Å². The van der Waals surface area contributed by atoms with Crippen LogP contribution in [0.3, 0.4) is 0 Å². The van der Waals surface area contributed by atoms with Crippen molar-refractivity contribution < 1.29 is 28.7 Å². The number of carbonyl (C=O) groups excluding carboxylic acids is 4. The molecule has 0 atom stereocenters. The van der Waals surface area contributed by atoms with Crippen molar-refractivity contribution in [3.63, 3.8) is 0 Å². The summed E-state index contributed by atoms with van der Waals surface area (Å²) >= 11 is 0. The highest BCUT2D eigenvalue weighted by Crippen LogP contribution is 2.29. The van der Waals surface area contributed by atoms with Crippen LogP contribution in [0, 0.1) is 0 Å². The van der Waals surface area contributed by atoms with Gasteiger partial charge in [-0.15, -0.1) is 0 Å². The van der Waals surface area contributed by atoms with Gasteiger partial charge in [-0.3, -0.25) is 29.1 Å². The van der Waals surface area contributed by atoms with Crippen LogP contribution in [0.5, 0.6) is 11.5 Å². The number of rotatable bonds is 23. The first-order valence-corrected chi connectivity index (χ1v) is 17.8. The Hall–Kier alpha value is -5.34. The van der Waals surface area contributed by atoms with Crippen LogP contribution >= 0.6 is 0 Å². The van der Waals surface area contributed by atoms with Crippen molar-refractivity contribution in [2.75, 3.05) is 64.1 Å². The Morgan fingerprint density at radius 3 is 1.37 bits per heavy atom. The molecule has 4 rings (SSSR count). The van der Waals surface area contributed by atoms with Crippen molar-refractivity contribution in [1.29, 1.82) is 0 Å². The molecule has 2 aromatic carbocycles. The molecular weight excluding hydrogens is 664 g/mol. The molecule has 14 heteroatoms. The van der Waals surface area contributed by atoms with Crippen molar-refractivity contribution in [2.45, 2.75) is 51.4 Å². The lowest BCUT2D eigenvalue weighted by molar-refractivity contribution is -0.124. The molecule has 4 aromatic rings. The van der Waals surface area contributed by atoms with E-state index in [1.165, 1.54) is 0 Å². The minimum Gasteiger partial charge on any atom is -0.497 e. The molecule has 278 valence electrons. The molecule has 0 aliphatic rings. The van der Waals surface area contributed by atoms with Gasteiger partial charge in [0.15, 0.2) is 0 Å². The Morgan fingerprint density at radius 2 is 0.942 bits per heavy atom. The van der Waals surface area contributed by atoms with Crippen LogP contribution in [0.15, 0.2) is 60.9 Å². The van der Waals surface area contributed by atoms with Crippen LogP contribution < -0.4 is 41.4 Å². The van der Waals surface area contributed by atoms with Gasteiger partial charge < -0.3 is 41.4 Å². The topological polar surface area (TPSA) is 185 Å². The summed E-state index contributed by atoms with van der Waals surface area (Å²) in [6.45, 7) is 4.44. The third-order valence-corrected chi connectivity index (χ3v) is 8.20. The maximum absolute atomic E-state index is 12.5. The average Bonchev–Trinajstić information content (AvgIpc) is 3.16. The molecule has 2 aromatic heterocycles. The van der Waals surface area contributed by atoms with E-state index in [0.717, 1.165) is 62.6 Å². The van der Waals surface area contributed by atoms with Gasteiger partial charge in [-0.05, 0) is 76.1 Å². The molecule has 0 spiro atoms. The molecule has 6 N–H and O–H groups in total. The maximum Gasteiger partial charge on any atom is 0.224 e. The number of benzene rings is 2. The summed E-state index contributed by atoms with van der Waals surface area (Å²) in [5.41, 5.74) is 2.44. The third-order valence-electron chi connectivity index (χ3n) is 8.20. The van der Waals surface area contributed by atoms with Crippen molar-refractivity contribution >= 4 is 56.8 Å². The Morgan fingerprint density at radius 1 is 0.538 bits per heavy atom. The highest BCUT2D eigenvalue weighted by molar-refractivity contribution is 6.02. The molecule has 0 radical (unpaired) electrons. The summed E-state index contributed by atoms with van der Waals surface area (Å²) < 4.78 is 10.6. The van der Waals surface area contributed by atoms with Crippen molar-refractivity contribution in [1.82, 2.24) is 31.2 Å². The number of ether oxygens (including phenoxy) is 2. The van der Waals surface area contributed by atoms with Gasteiger partial charge in [0.1, 0.15) is 11.5 Å². The number of aromatic nitrogens is 2. The Labute approximate surface area is 304 Å². The fourth-order valence-electron chi connectivity index (χ4n) is 5.44. The summed E-state index contributed by atoms with van der Waals surface area (Å²) in [7, 11) is 3.13. The van der Waals surface area contributed by atoms with E-state index in [-0.39, 0.29) is 49.3 Å². The van der Waals surface area contributed by atoms with Crippen LogP contribution in [0.25, 0.3) is 21.8 Å². The number of carbonyl (C=O) groups is 4. The van der Waals surface area contributed by atoms with Gasteiger partial charge in [-0.2, -0.15) is 0 Å². The number of methoxy groups -OCH3 is 2. The number of amides is 4. The van der Waals surface area contributed by atoms with E-state index in [9.17, 15) is 19.2 Å². The number of anilines is 2. The molecule has 4 amide bonds. The minimum atomic E-state index is -0.259. The predicted molar refractivity (Wildman–Crippen MR) is 203 cm³/mol. The van der Waals surface area contributed by atoms with Gasteiger partial charge in [-0.1, -0.05) is 12.1 Å². The zero-order valence-corrected chi connectivity index (χ0v) is 30.0. The molecule has 52 heavy (non-hydrogen) atoms. The van der Waals surface area contributed by atoms with Crippen molar-refractivity contribution in [3.8, 4) is 11.5 Å². The summed E-state index contributed by atoms with van der Waals surface area (Å²) in [5.74, 6) is 0.398. The van der Waals surface area contributed by atoms with E-state index in [2.05, 4.69) is 41.9 Å². The SMILES string of the molecule is COc1cc(NC(=O)CCC(=O)NCCCNCCCCNCCCNC(=O)CCC(=O)Nc2cc(OC)cc3cccnc23)c2ncccc2c1. The molecular formula is C38H50N8O6. The second kappa shape index (κ2) is 21.8. The van der Waals surface area contributed by atoms with E-state index in [1.54, 1.807) is 38.7 Å². The van der Waals surface area contributed by atoms with E-state index in [4.69, 9.17) is 9.47 Å². The molecule has 0 aliphatic heterocycles. The smallest absolute Gasteiger partial charge is 0.224 e. The summed E-state index contributed by atoms with van der Waals surface area (Å²) in [6.07, 6.45) is 7.32. The standard InChI is InChI=1S/C38H50N8O6/c1-51-29-23-27-9-5-19-43-37(27)31(25-29)45-35(49)13-11-33(47)41-21-7-17-39-15-3-4-16-40-18-8-22-42-34(48)12-14-36(50)46-32-26-30(52-2)24-28-10-6-20-44-38(28)32/h5-6,9-10,19-20,23-26,39-40H,3-4,7-8,11-18,21-22H2,1-2H3,(H,41,47)(H,42,48)(H,45,49)(H,46,50).